The van der Waals surface area contributed by atoms with Crippen LogP contribution in [0.3, 0.4) is 0 Å². The Hall–Kier alpha value is -2.50. The van der Waals surface area contributed by atoms with Gasteiger partial charge >= 0.3 is 10.2 Å². The van der Waals surface area contributed by atoms with Crippen LogP contribution in [0.2, 0.25) is 5.02 Å². The smallest absolute Gasteiger partial charge is 0.303 e. The maximum atomic E-state index is 14.4. The molecule has 0 spiro atoms. The van der Waals surface area contributed by atoms with E-state index in [-0.39, 0.29) is 5.75 Å². The summed E-state index contributed by atoms with van der Waals surface area (Å²) in [5.41, 5.74) is -0.786. The van der Waals surface area contributed by atoms with Crippen LogP contribution >= 0.6 is 11.6 Å². The van der Waals surface area contributed by atoms with Crippen molar-refractivity contribution in [2.75, 3.05) is 32.1 Å². The van der Waals surface area contributed by atoms with E-state index in [4.69, 9.17) is 16.3 Å². The molecule has 1 aromatic carbocycles. The minimum Gasteiger partial charge on any atom is -0.452 e. The molecule has 30 heavy (non-hydrogen) atoms. The van der Waals surface area contributed by atoms with Crippen LogP contribution in [0.25, 0.3) is 0 Å². The molecule has 2 heterocycles. The summed E-state index contributed by atoms with van der Waals surface area (Å²) in [5.74, 6) is -3.39. The van der Waals surface area contributed by atoms with Gasteiger partial charge in [0.05, 0.1) is 16.8 Å². The average Bonchev–Trinajstić information content (AvgIpc) is 3.18. The number of pyridine rings is 1. The first-order chi connectivity index (χ1) is 14.1. The van der Waals surface area contributed by atoms with Crippen molar-refractivity contribution in [2.45, 2.75) is 12.8 Å². The highest BCUT2D eigenvalue weighted by Gasteiger charge is 2.23. The molecular weight excluding hydrogens is 442 g/mol. The average molecular weight is 461 g/mol. The number of ether oxygens (including phenoxy) is 1. The molecule has 1 aromatic heterocycles. The van der Waals surface area contributed by atoms with Gasteiger partial charge in [-0.05, 0) is 18.9 Å². The zero-order valence-electron chi connectivity index (χ0n) is 16.2. The third kappa shape index (κ3) is 4.79. The van der Waals surface area contributed by atoms with Gasteiger partial charge in [0.2, 0.25) is 0 Å². The second-order valence-electron chi connectivity index (χ2n) is 6.75. The van der Waals surface area contributed by atoms with Crippen molar-refractivity contribution in [1.29, 1.82) is 0 Å². The fourth-order valence-electron chi connectivity index (χ4n) is 2.80. The maximum absolute atomic E-state index is 14.4. The molecule has 1 aliphatic heterocycles. The lowest BCUT2D eigenvalue weighted by atomic mass is 10.2. The number of hydrogen-bond acceptors (Lipinski definition) is 6. The number of aromatic nitrogens is 1. The number of carbonyl (C=O) groups is 1. The number of amides is 1. The van der Waals surface area contributed by atoms with Gasteiger partial charge < -0.3 is 9.64 Å². The Bertz CT molecular complexity index is 1080. The number of halogens is 3. The summed E-state index contributed by atoms with van der Waals surface area (Å²) in [7, 11) is -1.81. The number of nitrogens with one attached hydrogen (secondary N) is 1. The zero-order valence-corrected chi connectivity index (χ0v) is 17.7. The van der Waals surface area contributed by atoms with E-state index in [1.54, 1.807) is 4.72 Å². The number of benzene rings is 1. The summed E-state index contributed by atoms with van der Waals surface area (Å²) in [4.78, 5) is 18.3. The van der Waals surface area contributed by atoms with E-state index in [0.717, 1.165) is 30.2 Å². The second kappa shape index (κ2) is 8.70. The molecule has 0 saturated carbocycles. The highest BCUT2D eigenvalue weighted by atomic mass is 35.5. The van der Waals surface area contributed by atoms with Crippen LogP contribution in [0.4, 0.5) is 14.6 Å². The predicted molar refractivity (Wildman–Crippen MR) is 107 cm³/mol. The summed E-state index contributed by atoms with van der Waals surface area (Å²) in [5, 5.41) is 0.306. The first-order valence-corrected chi connectivity index (χ1v) is 10.7. The van der Waals surface area contributed by atoms with Gasteiger partial charge in [-0.1, -0.05) is 11.6 Å². The maximum Gasteiger partial charge on any atom is 0.303 e. The number of hydrogen-bond donors (Lipinski definition) is 1. The van der Waals surface area contributed by atoms with E-state index in [1.165, 1.54) is 26.4 Å². The van der Waals surface area contributed by atoms with Crippen LogP contribution in [0.15, 0.2) is 24.4 Å². The van der Waals surface area contributed by atoms with Crippen LogP contribution in [-0.4, -0.2) is 50.8 Å². The minimum atomic E-state index is -4.16. The Morgan fingerprint density at radius 1 is 1.20 bits per heavy atom. The highest BCUT2D eigenvalue weighted by molar-refractivity contribution is 7.87. The predicted octanol–water partition coefficient (Wildman–Crippen LogP) is 2.94. The molecule has 0 atom stereocenters. The molecule has 3 rings (SSSR count). The van der Waals surface area contributed by atoms with E-state index in [9.17, 15) is 22.0 Å². The Kier molecular flexibility index (Phi) is 6.44. The van der Waals surface area contributed by atoms with E-state index in [0.29, 0.717) is 23.0 Å². The number of anilines is 1. The second-order valence-corrected chi connectivity index (χ2v) is 9.05. The third-order valence-corrected chi connectivity index (χ3v) is 6.08. The summed E-state index contributed by atoms with van der Waals surface area (Å²) in [6, 6.07) is 2.64. The van der Waals surface area contributed by atoms with E-state index < -0.39 is 39.1 Å². The normalized spacial score (nSPS) is 14.3. The molecule has 1 saturated heterocycles. The standard InChI is InChI=1S/C18H19ClF2N4O4S/c1-24(2)30(27,28)23-18(26)12-8-15(21)16(9-14(12)20)29-11-7-13(19)17(22-10-11)25-5-3-4-6-25/h7-10H,3-6H2,1-2H3,(H,23,26). The van der Waals surface area contributed by atoms with Gasteiger partial charge in [-0.25, -0.2) is 18.5 Å². The molecule has 2 aromatic rings. The molecule has 1 aliphatic rings. The number of rotatable bonds is 6. The Balaban J connectivity index is 1.80. The molecule has 0 bridgehead atoms. The van der Waals surface area contributed by atoms with Gasteiger partial charge in [0, 0.05) is 39.3 Å². The lowest BCUT2D eigenvalue weighted by molar-refractivity contribution is 0.0975. The molecule has 0 aliphatic carbocycles. The first-order valence-electron chi connectivity index (χ1n) is 8.90. The van der Waals surface area contributed by atoms with Crippen molar-refractivity contribution >= 4 is 33.5 Å². The molecule has 162 valence electrons. The van der Waals surface area contributed by atoms with E-state index in [2.05, 4.69) is 4.98 Å². The van der Waals surface area contributed by atoms with E-state index in [1.807, 2.05) is 4.90 Å². The monoisotopic (exact) mass is 460 g/mol. The van der Waals surface area contributed by atoms with Crippen LogP contribution in [0.5, 0.6) is 11.5 Å². The molecular formula is C18H19ClF2N4O4S. The molecule has 1 N–H and O–H groups in total. The van der Waals surface area contributed by atoms with Gasteiger partial charge in [0.15, 0.2) is 11.6 Å². The van der Waals surface area contributed by atoms with Gasteiger partial charge in [-0.3, -0.25) is 4.79 Å². The van der Waals surface area contributed by atoms with Gasteiger partial charge in [0.25, 0.3) is 5.91 Å². The summed E-state index contributed by atoms with van der Waals surface area (Å²) < 4.78 is 59.8. The topological polar surface area (TPSA) is 91.8 Å². The van der Waals surface area contributed by atoms with Crippen LogP contribution in [-0.2, 0) is 10.2 Å². The van der Waals surface area contributed by atoms with Crippen LogP contribution < -0.4 is 14.4 Å². The van der Waals surface area contributed by atoms with Crippen LogP contribution in [0, 0.1) is 11.6 Å². The highest BCUT2D eigenvalue weighted by Crippen LogP contribution is 2.33. The fourth-order valence-corrected chi connectivity index (χ4v) is 3.60. The molecule has 0 unspecified atom stereocenters. The summed E-state index contributed by atoms with van der Waals surface area (Å²) >= 11 is 6.23. The van der Waals surface area contributed by atoms with Crippen molar-refractivity contribution in [1.82, 2.24) is 14.0 Å². The number of nitrogens with zero attached hydrogens (tertiary/aromatic N) is 3. The van der Waals surface area contributed by atoms with Crippen molar-refractivity contribution in [3.63, 3.8) is 0 Å². The largest absolute Gasteiger partial charge is 0.452 e. The van der Waals surface area contributed by atoms with Crippen molar-refractivity contribution in [2.24, 2.45) is 0 Å². The first kappa shape index (κ1) is 22.2. The van der Waals surface area contributed by atoms with Gasteiger partial charge in [-0.15, -0.1) is 0 Å². The minimum absolute atomic E-state index is 0.0774. The third-order valence-electron chi connectivity index (χ3n) is 4.40. The SMILES string of the molecule is CN(C)S(=O)(=O)NC(=O)c1cc(F)c(Oc2cnc(N3CCCC3)c(Cl)c2)cc1F. The van der Waals surface area contributed by atoms with Gasteiger partial charge in [-0.2, -0.15) is 12.7 Å². The van der Waals surface area contributed by atoms with Crippen LogP contribution in [0.1, 0.15) is 23.2 Å². The van der Waals surface area contributed by atoms with Crippen molar-refractivity contribution in [3.05, 3.63) is 46.6 Å². The van der Waals surface area contributed by atoms with E-state index >= 15 is 0 Å². The molecule has 1 fully saturated rings. The Morgan fingerprint density at radius 2 is 1.87 bits per heavy atom. The zero-order chi connectivity index (χ0) is 22.1. The van der Waals surface area contributed by atoms with Crippen molar-refractivity contribution < 1.29 is 26.7 Å². The lowest BCUT2D eigenvalue weighted by Gasteiger charge is -2.18. The molecule has 0 radical (unpaired) electrons. The molecule has 8 nitrogen and oxygen atoms in total. The Morgan fingerprint density at radius 3 is 2.47 bits per heavy atom. The molecule has 1 amide bonds. The molecule has 12 heteroatoms. The quantitative estimate of drug-likeness (QED) is 0.712. The fraction of sp³-hybridized carbons (Fsp3) is 0.333. The number of carbonyl (C=O) groups excluding carboxylic acids is 1. The Labute approximate surface area is 177 Å². The lowest BCUT2D eigenvalue weighted by Crippen LogP contribution is -2.39. The summed E-state index contributed by atoms with van der Waals surface area (Å²) in [6.45, 7) is 1.67. The summed E-state index contributed by atoms with van der Waals surface area (Å²) in [6.07, 6.45) is 3.41. The van der Waals surface area contributed by atoms with Crippen molar-refractivity contribution in [3.8, 4) is 11.5 Å². The van der Waals surface area contributed by atoms with Gasteiger partial charge in [0.1, 0.15) is 17.4 Å².